The second-order valence-corrected chi connectivity index (χ2v) is 5.36. The second-order valence-electron chi connectivity index (χ2n) is 5.36. The minimum Gasteiger partial charge on any atom is -0.508 e. The van der Waals surface area contributed by atoms with Gasteiger partial charge in [0.2, 0.25) is 0 Å². The average Bonchev–Trinajstić information content (AvgIpc) is 2.77. The third-order valence-corrected chi connectivity index (χ3v) is 3.87. The van der Waals surface area contributed by atoms with Crippen LogP contribution in [-0.4, -0.2) is 5.11 Å². The van der Waals surface area contributed by atoms with Crippen LogP contribution in [0.2, 0.25) is 0 Å². The number of nitriles is 1. The summed E-state index contributed by atoms with van der Waals surface area (Å²) in [4.78, 5) is 0. The van der Waals surface area contributed by atoms with E-state index in [1.807, 2.05) is 24.3 Å². The lowest BCUT2D eigenvalue weighted by Crippen LogP contribution is -2.22. The largest absolute Gasteiger partial charge is 0.508 e. The first-order valence-electron chi connectivity index (χ1n) is 6.47. The molecule has 1 N–H and O–H groups in total. The van der Waals surface area contributed by atoms with Crippen LogP contribution in [0.3, 0.4) is 0 Å². The van der Waals surface area contributed by atoms with Crippen LogP contribution in [0.5, 0.6) is 5.75 Å². The van der Waals surface area contributed by atoms with E-state index in [4.69, 9.17) is 0 Å². The molecule has 0 bridgehead atoms. The molecular weight excluding hydrogens is 234 g/mol. The van der Waals surface area contributed by atoms with Gasteiger partial charge >= 0.3 is 0 Å². The van der Waals surface area contributed by atoms with E-state index in [9.17, 15) is 10.4 Å². The Bertz CT molecular complexity index is 629. The van der Waals surface area contributed by atoms with Gasteiger partial charge in [-0.1, -0.05) is 36.4 Å². The summed E-state index contributed by atoms with van der Waals surface area (Å²) >= 11 is 0. The van der Waals surface area contributed by atoms with Gasteiger partial charge in [-0.05, 0) is 48.1 Å². The molecule has 94 valence electrons. The fraction of sp³-hybridized carbons (Fsp3) is 0.235. The van der Waals surface area contributed by atoms with Crippen molar-refractivity contribution in [3.8, 4) is 11.8 Å². The summed E-state index contributed by atoms with van der Waals surface area (Å²) in [5.74, 6) is 0.265. The summed E-state index contributed by atoms with van der Waals surface area (Å²) in [5, 5.41) is 19.1. The van der Waals surface area contributed by atoms with Crippen LogP contribution in [0.15, 0.2) is 48.5 Å². The van der Waals surface area contributed by atoms with E-state index >= 15 is 0 Å². The van der Waals surface area contributed by atoms with Gasteiger partial charge in [0, 0.05) is 0 Å². The van der Waals surface area contributed by atoms with Crippen molar-refractivity contribution in [3.63, 3.8) is 0 Å². The predicted molar refractivity (Wildman–Crippen MR) is 73.7 cm³/mol. The van der Waals surface area contributed by atoms with Gasteiger partial charge in [0.25, 0.3) is 0 Å². The summed E-state index contributed by atoms with van der Waals surface area (Å²) in [6.45, 7) is 0. The third kappa shape index (κ3) is 2.20. The van der Waals surface area contributed by atoms with E-state index in [0.29, 0.717) is 6.42 Å². The number of hydrogen-bond donors (Lipinski definition) is 1. The summed E-state index contributed by atoms with van der Waals surface area (Å²) in [7, 11) is 0. The number of aromatic hydroxyl groups is 1. The monoisotopic (exact) mass is 249 g/mol. The van der Waals surface area contributed by atoms with E-state index in [2.05, 4.69) is 18.2 Å². The van der Waals surface area contributed by atoms with E-state index < -0.39 is 0 Å². The van der Waals surface area contributed by atoms with Crippen molar-refractivity contribution in [2.24, 2.45) is 5.41 Å². The molecule has 0 aliphatic heterocycles. The predicted octanol–water partition coefficient (Wildman–Crippen LogP) is 3.24. The molecule has 0 heterocycles. The van der Waals surface area contributed by atoms with E-state index in [1.54, 1.807) is 12.1 Å². The van der Waals surface area contributed by atoms with Crippen LogP contribution < -0.4 is 0 Å². The summed E-state index contributed by atoms with van der Waals surface area (Å²) in [6.07, 6.45) is 2.29. The zero-order valence-corrected chi connectivity index (χ0v) is 10.6. The van der Waals surface area contributed by atoms with Crippen molar-refractivity contribution < 1.29 is 5.11 Å². The van der Waals surface area contributed by atoms with Crippen molar-refractivity contribution in [1.82, 2.24) is 0 Å². The topological polar surface area (TPSA) is 44.0 Å². The zero-order chi connectivity index (χ0) is 13.3. The quantitative estimate of drug-likeness (QED) is 0.888. The molecule has 19 heavy (non-hydrogen) atoms. The van der Waals surface area contributed by atoms with Gasteiger partial charge in [0.1, 0.15) is 5.75 Å². The lowest BCUT2D eigenvalue weighted by Gasteiger charge is -2.20. The highest BCUT2D eigenvalue weighted by molar-refractivity contribution is 5.39. The van der Waals surface area contributed by atoms with Gasteiger partial charge < -0.3 is 5.11 Å². The highest BCUT2D eigenvalue weighted by Crippen LogP contribution is 2.39. The standard InChI is InChI=1S/C17H15NO/c18-12-17(9-13-4-3-7-16(19)8-13)10-14-5-1-2-6-15(14)11-17/h1-8,19H,9-11H2. The first-order chi connectivity index (χ1) is 9.21. The lowest BCUT2D eigenvalue weighted by molar-refractivity contribution is 0.416. The molecule has 2 heteroatoms. The van der Waals surface area contributed by atoms with Crippen LogP contribution >= 0.6 is 0 Å². The maximum atomic E-state index is 9.61. The minimum atomic E-state index is -0.364. The average molecular weight is 249 g/mol. The zero-order valence-electron chi connectivity index (χ0n) is 10.6. The SMILES string of the molecule is N#CC1(Cc2cccc(O)c2)Cc2ccccc2C1. The van der Waals surface area contributed by atoms with Crippen molar-refractivity contribution >= 4 is 0 Å². The van der Waals surface area contributed by atoms with Crippen molar-refractivity contribution in [1.29, 1.82) is 5.26 Å². The van der Waals surface area contributed by atoms with Crippen LogP contribution in [-0.2, 0) is 19.3 Å². The molecular formula is C17H15NO. The normalized spacial score (nSPS) is 15.7. The number of fused-ring (bicyclic) bond motifs is 1. The number of benzene rings is 2. The molecule has 0 saturated carbocycles. The molecule has 0 spiro atoms. The minimum absolute atomic E-state index is 0.265. The molecule has 1 aliphatic rings. The van der Waals surface area contributed by atoms with Crippen LogP contribution in [0.25, 0.3) is 0 Å². The van der Waals surface area contributed by atoms with Gasteiger partial charge in [-0.15, -0.1) is 0 Å². The number of nitrogens with zero attached hydrogens (tertiary/aromatic N) is 1. The molecule has 0 unspecified atom stereocenters. The highest BCUT2D eigenvalue weighted by Gasteiger charge is 2.37. The summed E-state index contributed by atoms with van der Waals surface area (Å²) in [5.41, 5.74) is 3.22. The molecule has 0 amide bonds. The number of phenols is 1. The van der Waals surface area contributed by atoms with Crippen LogP contribution in [0.1, 0.15) is 16.7 Å². The van der Waals surface area contributed by atoms with Gasteiger partial charge in [-0.3, -0.25) is 0 Å². The maximum Gasteiger partial charge on any atom is 0.115 e. The number of hydrogen-bond acceptors (Lipinski definition) is 2. The molecule has 2 aromatic carbocycles. The Balaban J connectivity index is 1.90. The number of rotatable bonds is 2. The third-order valence-electron chi connectivity index (χ3n) is 3.87. The summed E-state index contributed by atoms with van der Waals surface area (Å²) in [6, 6.07) is 18.0. The Hall–Kier alpha value is -2.27. The molecule has 1 aliphatic carbocycles. The summed E-state index contributed by atoms with van der Waals surface area (Å²) < 4.78 is 0. The first kappa shape index (κ1) is 11.8. The van der Waals surface area contributed by atoms with Crippen molar-refractivity contribution in [3.05, 3.63) is 65.2 Å². The van der Waals surface area contributed by atoms with Gasteiger partial charge in [0.15, 0.2) is 0 Å². The van der Waals surface area contributed by atoms with Gasteiger partial charge in [-0.25, -0.2) is 0 Å². The lowest BCUT2D eigenvalue weighted by atomic mass is 9.80. The van der Waals surface area contributed by atoms with Crippen molar-refractivity contribution in [2.75, 3.05) is 0 Å². The molecule has 0 aromatic heterocycles. The first-order valence-corrected chi connectivity index (χ1v) is 6.47. The fourth-order valence-electron chi connectivity index (χ4n) is 2.99. The fourth-order valence-corrected chi connectivity index (χ4v) is 2.99. The van der Waals surface area contributed by atoms with Crippen LogP contribution in [0, 0.1) is 16.7 Å². The molecule has 2 aromatic rings. The van der Waals surface area contributed by atoms with Gasteiger partial charge in [-0.2, -0.15) is 5.26 Å². The molecule has 2 nitrogen and oxygen atoms in total. The highest BCUT2D eigenvalue weighted by atomic mass is 16.3. The Labute approximate surface area is 112 Å². The van der Waals surface area contributed by atoms with Gasteiger partial charge in [0.05, 0.1) is 11.5 Å². The molecule has 0 radical (unpaired) electrons. The Morgan fingerprint density at radius 3 is 2.32 bits per heavy atom. The Morgan fingerprint density at radius 1 is 1.05 bits per heavy atom. The molecule has 3 rings (SSSR count). The Kier molecular flexibility index (Phi) is 2.76. The molecule has 0 atom stereocenters. The maximum absolute atomic E-state index is 9.61. The van der Waals surface area contributed by atoms with Crippen LogP contribution in [0.4, 0.5) is 0 Å². The Morgan fingerprint density at radius 2 is 1.74 bits per heavy atom. The van der Waals surface area contributed by atoms with E-state index in [-0.39, 0.29) is 11.2 Å². The van der Waals surface area contributed by atoms with Crippen molar-refractivity contribution in [2.45, 2.75) is 19.3 Å². The second kappa shape index (κ2) is 4.44. The number of phenolic OH excluding ortho intramolecular Hbond substituents is 1. The smallest absolute Gasteiger partial charge is 0.115 e. The van der Waals surface area contributed by atoms with E-state index in [1.165, 1.54) is 11.1 Å². The molecule has 0 fully saturated rings. The van der Waals surface area contributed by atoms with E-state index in [0.717, 1.165) is 18.4 Å². The molecule has 0 saturated heterocycles.